The summed E-state index contributed by atoms with van der Waals surface area (Å²) in [7, 11) is 2.18. The number of likely N-dealkylation sites (N-methyl/N-ethyl adjacent to an activating group) is 1. The summed E-state index contributed by atoms with van der Waals surface area (Å²) in [6.45, 7) is 11.6. The van der Waals surface area contributed by atoms with Gasteiger partial charge in [-0.1, -0.05) is 24.8 Å². The smallest absolute Gasteiger partial charge is 0.131 e. The van der Waals surface area contributed by atoms with Crippen LogP contribution in [0.5, 0.6) is 0 Å². The van der Waals surface area contributed by atoms with Crippen molar-refractivity contribution in [2.24, 2.45) is 0 Å². The predicted octanol–water partition coefficient (Wildman–Crippen LogP) is 4.17. The molecule has 5 rings (SSSR count). The first-order valence-corrected chi connectivity index (χ1v) is 11.4. The molecule has 0 spiro atoms. The fourth-order valence-electron chi connectivity index (χ4n) is 4.75. The van der Waals surface area contributed by atoms with Crippen molar-refractivity contribution in [3.63, 3.8) is 0 Å². The molecule has 0 bridgehead atoms. The first-order valence-electron chi connectivity index (χ1n) is 11.4. The number of pyridine rings is 1. The third-order valence-corrected chi connectivity index (χ3v) is 6.79. The zero-order valence-electron chi connectivity index (χ0n) is 19.0. The minimum absolute atomic E-state index is 0.568. The number of anilines is 2. The molecule has 0 saturated carbocycles. The zero-order valence-corrected chi connectivity index (χ0v) is 19.0. The maximum atomic E-state index is 6.35. The molecule has 0 radical (unpaired) electrons. The topological polar surface area (TPSA) is 57.4 Å². The summed E-state index contributed by atoms with van der Waals surface area (Å²) in [6.07, 6.45) is 2.87. The largest absolute Gasteiger partial charge is 0.385 e. The molecule has 164 valence electrons. The number of benzene rings is 2. The standard InChI is InChI=1S/C27H31N5/c1-18-14-25-19(2)29-9-8-21(25)15-24(18)26-16-22(17-30-27(26)28)20-4-6-23(7-5-20)32-12-10-31(3)11-13-32/h4-7,14-17,29H,2,8-13H2,1,3H3,(H2,28,30). The van der Waals surface area contributed by atoms with Crippen LogP contribution < -0.4 is 16.0 Å². The Labute approximate surface area is 190 Å². The fourth-order valence-corrected chi connectivity index (χ4v) is 4.75. The molecule has 32 heavy (non-hydrogen) atoms. The van der Waals surface area contributed by atoms with Crippen molar-refractivity contribution in [2.45, 2.75) is 13.3 Å². The lowest BCUT2D eigenvalue weighted by atomic mass is 9.90. The number of aromatic nitrogens is 1. The summed E-state index contributed by atoms with van der Waals surface area (Å²) in [5, 5.41) is 3.36. The Morgan fingerprint density at radius 2 is 1.69 bits per heavy atom. The van der Waals surface area contributed by atoms with Crippen LogP contribution in [0, 0.1) is 6.92 Å². The molecule has 0 aliphatic carbocycles. The van der Waals surface area contributed by atoms with E-state index >= 15 is 0 Å². The highest BCUT2D eigenvalue weighted by atomic mass is 15.2. The first kappa shape index (κ1) is 20.6. The number of nitrogen functional groups attached to an aromatic ring is 1. The number of nitrogens with zero attached hydrogens (tertiary/aromatic N) is 3. The van der Waals surface area contributed by atoms with Crippen LogP contribution >= 0.6 is 0 Å². The molecule has 3 aromatic rings. The molecule has 0 unspecified atom stereocenters. The van der Waals surface area contributed by atoms with E-state index in [9.17, 15) is 0 Å². The third kappa shape index (κ3) is 3.84. The van der Waals surface area contributed by atoms with Crippen LogP contribution in [0.4, 0.5) is 11.5 Å². The van der Waals surface area contributed by atoms with E-state index in [0.717, 1.165) is 67.1 Å². The molecule has 5 heteroatoms. The van der Waals surface area contributed by atoms with E-state index < -0.39 is 0 Å². The molecule has 1 saturated heterocycles. The van der Waals surface area contributed by atoms with Gasteiger partial charge in [0, 0.05) is 67.0 Å². The summed E-state index contributed by atoms with van der Waals surface area (Å²) in [6, 6.07) is 15.5. The van der Waals surface area contributed by atoms with E-state index in [1.54, 1.807) is 0 Å². The average molecular weight is 426 g/mol. The van der Waals surface area contributed by atoms with Crippen molar-refractivity contribution in [1.29, 1.82) is 0 Å². The molecule has 2 aliphatic heterocycles. The van der Waals surface area contributed by atoms with Gasteiger partial charge in [0.05, 0.1) is 0 Å². The molecular formula is C27H31N5. The number of fused-ring (bicyclic) bond motifs is 1. The molecule has 0 amide bonds. The Balaban J connectivity index is 1.46. The number of piperazine rings is 1. The Bertz CT molecular complexity index is 1160. The van der Waals surface area contributed by atoms with Crippen LogP contribution in [-0.4, -0.2) is 49.7 Å². The normalized spacial score (nSPS) is 16.6. The number of aryl methyl sites for hydroxylation is 1. The number of hydrogen-bond acceptors (Lipinski definition) is 5. The van der Waals surface area contributed by atoms with Gasteiger partial charge in [-0.05, 0) is 66.9 Å². The summed E-state index contributed by atoms with van der Waals surface area (Å²) in [4.78, 5) is 9.38. The highest BCUT2D eigenvalue weighted by molar-refractivity contribution is 5.83. The van der Waals surface area contributed by atoms with Gasteiger partial charge in [-0.15, -0.1) is 0 Å². The molecule has 3 heterocycles. The quantitative estimate of drug-likeness (QED) is 0.660. The van der Waals surface area contributed by atoms with Crippen molar-refractivity contribution >= 4 is 17.2 Å². The van der Waals surface area contributed by atoms with E-state index in [0.29, 0.717) is 5.82 Å². The number of nitrogens with one attached hydrogen (secondary N) is 1. The van der Waals surface area contributed by atoms with E-state index in [4.69, 9.17) is 5.73 Å². The molecule has 3 N–H and O–H groups in total. The van der Waals surface area contributed by atoms with Gasteiger partial charge in [-0.3, -0.25) is 0 Å². The van der Waals surface area contributed by atoms with Gasteiger partial charge in [0.25, 0.3) is 0 Å². The van der Waals surface area contributed by atoms with Gasteiger partial charge in [0.1, 0.15) is 5.82 Å². The highest BCUT2D eigenvalue weighted by Gasteiger charge is 2.18. The maximum absolute atomic E-state index is 6.35. The van der Waals surface area contributed by atoms with E-state index in [1.807, 2.05) is 6.20 Å². The molecular weight excluding hydrogens is 394 g/mol. The minimum Gasteiger partial charge on any atom is -0.385 e. The van der Waals surface area contributed by atoms with Crippen molar-refractivity contribution in [3.05, 3.63) is 71.9 Å². The molecule has 1 fully saturated rings. The lowest BCUT2D eigenvalue weighted by molar-refractivity contribution is 0.313. The molecule has 1 aromatic heterocycles. The van der Waals surface area contributed by atoms with Crippen molar-refractivity contribution < 1.29 is 0 Å². The Kier molecular flexibility index (Phi) is 5.35. The molecule has 2 aliphatic rings. The summed E-state index contributed by atoms with van der Waals surface area (Å²) in [5.74, 6) is 0.568. The van der Waals surface area contributed by atoms with Crippen LogP contribution in [0.1, 0.15) is 16.7 Å². The third-order valence-electron chi connectivity index (χ3n) is 6.79. The molecule has 0 atom stereocenters. The summed E-state index contributed by atoms with van der Waals surface area (Å²) in [5.41, 5.74) is 16.7. The second-order valence-corrected chi connectivity index (χ2v) is 8.97. The average Bonchev–Trinajstić information content (AvgIpc) is 2.81. The van der Waals surface area contributed by atoms with Crippen molar-refractivity contribution in [2.75, 3.05) is 50.4 Å². The van der Waals surface area contributed by atoms with E-state index in [1.165, 1.54) is 22.4 Å². The van der Waals surface area contributed by atoms with E-state index in [2.05, 4.69) is 83.1 Å². The lowest BCUT2D eigenvalue weighted by Gasteiger charge is -2.34. The van der Waals surface area contributed by atoms with Crippen LogP contribution in [0.3, 0.4) is 0 Å². The highest BCUT2D eigenvalue weighted by Crippen LogP contribution is 2.35. The first-order chi connectivity index (χ1) is 15.5. The second kappa shape index (κ2) is 8.32. The zero-order chi connectivity index (χ0) is 22.2. The van der Waals surface area contributed by atoms with Gasteiger partial charge in [0.15, 0.2) is 0 Å². The second-order valence-electron chi connectivity index (χ2n) is 8.97. The van der Waals surface area contributed by atoms with E-state index in [-0.39, 0.29) is 0 Å². The number of hydrogen-bond donors (Lipinski definition) is 2. The van der Waals surface area contributed by atoms with Crippen molar-refractivity contribution in [3.8, 4) is 22.3 Å². The summed E-state index contributed by atoms with van der Waals surface area (Å²) >= 11 is 0. The Hall–Kier alpha value is -3.31. The van der Waals surface area contributed by atoms with Gasteiger partial charge in [-0.2, -0.15) is 0 Å². The summed E-state index contributed by atoms with van der Waals surface area (Å²) < 4.78 is 0. The predicted molar refractivity (Wildman–Crippen MR) is 135 cm³/mol. The molecule has 2 aromatic carbocycles. The fraction of sp³-hybridized carbons (Fsp3) is 0.296. The Morgan fingerprint density at radius 3 is 2.44 bits per heavy atom. The van der Waals surface area contributed by atoms with Crippen LogP contribution in [-0.2, 0) is 6.42 Å². The monoisotopic (exact) mass is 425 g/mol. The maximum Gasteiger partial charge on any atom is 0.131 e. The van der Waals surface area contributed by atoms with Crippen LogP contribution in [0.15, 0.2) is 55.2 Å². The lowest BCUT2D eigenvalue weighted by Crippen LogP contribution is -2.44. The van der Waals surface area contributed by atoms with Crippen LogP contribution in [0.2, 0.25) is 0 Å². The van der Waals surface area contributed by atoms with Gasteiger partial charge in [-0.25, -0.2) is 4.98 Å². The van der Waals surface area contributed by atoms with Crippen LogP contribution in [0.25, 0.3) is 28.0 Å². The van der Waals surface area contributed by atoms with Gasteiger partial charge < -0.3 is 20.9 Å². The minimum atomic E-state index is 0.568. The SMILES string of the molecule is C=C1NCCc2cc(-c3cc(-c4ccc(N5CCN(C)CC5)cc4)cnc3N)c(C)cc21. The number of rotatable bonds is 3. The Morgan fingerprint density at radius 1 is 0.938 bits per heavy atom. The molecule has 5 nitrogen and oxygen atoms in total. The van der Waals surface area contributed by atoms with Gasteiger partial charge >= 0.3 is 0 Å². The van der Waals surface area contributed by atoms with Crippen molar-refractivity contribution in [1.82, 2.24) is 15.2 Å². The number of nitrogens with two attached hydrogens (primary N) is 1. The van der Waals surface area contributed by atoms with Gasteiger partial charge in [0.2, 0.25) is 0 Å².